The Morgan fingerprint density at radius 2 is 1.94 bits per heavy atom. The van der Waals surface area contributed by atoms with Gasteiger partial charge in [-0.05, 0) is 73.4 Å². The van der Waals surface area contributed by atoms with Crippen molar-refractivity contribution in [1.82, 2.24) is 20.2 Å². The van der Waals surface area contributed by atoms with Gasteiger partial charge < -0.3 is 10.3 Å². The lowest BCUT2D eigenvalue weighted by Crippen LogP contribution is -2.37. The molecule has 186 valence electrons. The van der Waals surface area contributed by atoms with Gasteiger partial charge in [-0.15, -0.1) is 0 Å². The number of aromatic nitrogens is 2. The van der Waals surface area contributed by atoms with Crippen LogP contribution in [0.15, 0.2) is 70.7 Å². The Balaban J connectivity index is 1.46. The summed E-state index contributed by atoms with van der Waals surface area (Å²) in [5.74, 6) is -0.446. The van der Waals surface area contributed by atoms with Crippen molar-refractivity contribution in [2.75, 3.05) is 13.1 Å². The number of sulfone groups is 1. The maximum atomic E-state index is 13.9. The predicted molar refractivity (Wildman–Crippen MR) is 140 cm³/mol. The summed E-state index contributed by atoms with van der Waals surface area (Å²) in [6.45, 7) is 5.95. The number of rotatable bonds is 6. The fourth-order valence-electron chi connectivity index (χ4n) is 4.89. The smallest absolute Gasteiger partial charge is 0.269 e. The largest absolute Gasteiger partial charge is 0.349 e. The van der Waals surface area contributed by atoms with Gasteiger partial charge in [-0.1, -0.05) is 23.7 Å². The maximum absolute atomic E-state index is 13.9. The molecular formula is C27H27ClN4O3S. The molecule has 1 fully saturated rings. The van der Waals surface area contributed by atoms with Gasteiger partial charge in [0.25, 0.3) is 5.91 Å². The molecule has 1 amide bonds. The third-order valence-corrected chi connectivity index (χ3v) is 8.50. The average molecular weight is 523 g/mol. The lowest BCUT2D eigenvalue weighted by Gasteiger charge is -2.17. The Bertz CT molecular complexity index is 1530. The first kappa shape index (κ1) is 24.5. The highest BCUT2D eigenvalue weighted by atomic mass is 35.5. The fraction of sp³-hybridized carbons (Fsp3) is 0.259. The van der Waals surface area contributed by atoms with E-state index in [-0.39, 0.29) is 21.5 Å². The number of H-pyrrole nitrogens is 1. The summed E-state index contributed by atoms with van der Waals surface area (Å²) < 4.78 is 27.8. The number of hydrogen-bond donors (Lipinski definition) is 2. The molecule has 36 heavy (non-hydrogen) atoms. The van der Waals surface area contributed by atoms with Gasteiger partial charge in [0.1, 0.15) is 10.6 Å². The number of carbonyl (C=O) groups is 1. The molecular weight excluding hydrogens is 496 g/mol. The summed E-state index contributed by atoms with van der Waals surface area (Å²) in [6.07, 6.45) is 4.36. The van der Waals surface area contributed by atoms with Crippen molar-refractivity contribution in [2.24, 2.45) is 0 Å². The number of pyridine rings is 1. The number of benzene rings is 2. The molecule has 4 aromatic rings. The summed E-state index contributed by atoms with van der Waals surface area (Å²) in [5, 5.41) is 3.84. The molecule has 3 heterocycles. The van der Waals surface area contributed by atoms with Crippen molar-refractivity contribution >= 4 is 38.2 Å². The van der Waals surface area contributed by atoms with Crippen LogP contribution in [0.4, 0.5) is 0 Å². The Labute approximate surface area is 215 Å². The number of likely N-dealkylation sites (tertiary alicyclic amines) is 1. The van der Waals surface area contributed by atoms with E-state index < -0.39 is 15.7 Å². The van der Waals surface area contributed by atoms with E-state index in [1.165, 1.54) is 0 Å². The highest BCUT2D eigenvalue weighted by Crippen LogP contribution is 2.34. The molecule has 2 aromatic carbocycles. The summed E-state index contributed by atoms with van der Waals surface area (Å²) in [5.41, 5.74) is 3.34. The lowest BCUT2D eigenvalue weighted by atomic mass is 10.2. The van der Waals surface area contributed by atoms with E-state index in [0.717, 1.165) is 36.2 Å². The van der Waals surface area contributed by atoms with E-state index in [1.54, 1.807) is 36.5 Å². The highest BCUT2D eigenvalue weighted by Gasteiger charge is 2.32. The zero-order valence-electron chi connectivity index (χ0n) is 20.1. The number of amides is 1. The van der Waals surface area contributed by atoms with E-state index in [0.29, 0.717) is 22.5 Å². The van der Waals surface area contributed by atoms with Gasteiger partial charge in [0.2, 0.25) is 9.84 Å². The van der Waals surface area contributed by atoms with Gasteiger partial charge in [0, 0.05) is 54.0 Å². The van der Waals surface area contributed by atoms with E-state index in [2.05, 4.69) is 20.2 Å². The standard InChI is InChI=1S/C27H27ClN4O3S/c1-17-10-18(2)12-22(11-17)36(34,35)26-23-13-20(28)5-6-24(23)31-25(26)27(33)30-21-7-9-32(16-21)15-19-4-3-8-29-14-19/h3-6,8,10-14,21,31H,7,9,15-16H2,1-2H3,(H,30,33)/t21-/m0/s1. The first-order valence-corrected chi connectivity index (χ1v) is 13.6. The Kier molecular flexibility index (Phi) is 6.59. The Morgan fingerprint density at radius 3 is 2.67 bits per heavy atom. The summed E-state index contributed by atoms with van der Waals surface area (Å²) in [4.78, 5) is 23.0. The van der Waals surface area contributed by atoms with Crippen LogP contribution in [0.25, 0.3) is 10.9 Å². The molecule has 7 nitrogen and oxygen atoms in total. The van der Waals surface area contributed by atoms with E-state index in [1.807, 2.05) is 38.2 Å². The molecule has 2 N–H and O–H groups in total. The number of fused-ring (bicyclic) bond motifs is 1. The molecule has 1 aliphatic heterocycles. The van der Waals surface area contributed by atoms with Crippen molar-refractivity contribution in [2.45, 2.75) is 42.6 Å². The van der Waals surface area contributed by atoms with E-state index in [9.17, 15) is 13.2 Å². The summed E-state index contributed by atoms with van der Waals surface area (Å²) >= 11 is 6.23. The minimum Gasteiger partial charge on any atom is -0.349 e. The van der Waals surface area contributed by atoms with Crippen LogP contribution in [-0.4, -0.2) is 48.3 Å². The SMILES string of the molecule is Cc1cc(C)cc(S(=O)(=O)c2c(C(=O)N[C@H]3CCN(Cc4cccnc4)C3)[nH]c3ccc(Cl)cc23)c1. The van der Waals surface area contributed by atoms with Crippen LogP contribution in [0.1, 0.15) is 33.6 Å². The predicted octanol–water partition coefficient (Wildman–Crippen LogP) is 4.67. The van der Waals surface area contributed by atoms with Gasteiger partial charge in [0.05, 0.1) is 4.90 Å². The molecule has 0 bridgehead atoms. The second-order valence-corrected chi connectivity index (χ2v) is 11.7. The molecule has 2 aromatic heterocycles. The van der Waals surface area contributed by atoms with Crippen LogP contribution in [0.5, 0.6) is 0 Å². The lowest BCUT2D eigenvalue weighted by molar-refractivity contribution is 0.0930. The zero-order chi connectivity index (χ0) is 25.4. The van der Waals surface area contributed by atoms with Gasteiger partial charge in [0.15, 0.2) is 0 Å². The van der Waals surface area contributed by atoms with Crippen LogP contribution in [0.3, 0.4) is 0 Å². The summed E-state index contributed by atoms with van der Waals surface area (Å²) in [7, 11) is -4.01. The van der Waals surface area contributed by atoms with Crippen LogP contribution in [0.2, 0.25) is 5.02 Å². The molecule has 0 aliphatic carbocycles. The number of aryl methyl sites for hydroxylation is 2. The molecule has 9 heteroatoms. The second-order valence-electron chi connectivity index (χ2n) is 9.40. The molecule has 1 atom stereocenters. The van der Waals surface area contributed by atoms with Crippen molar-refractivity contribution in [3.05, 3.63) is 88.3 Å². The van der Waals surface area contributed by atoms with Crippen molar-refractivity contribution in [3.8, 4) is 0 Å². The minimum absolute atomic E-state index is 0.0251. The van der Waals surface area contributed by atoms with Crippen LogP contribution < -0.4 is 5.32 Å². The normalized spacial score (nSPS) is 16.5. The number of hydrogen-bond acceptors (Lipinski definition) is 5. The fourth-order valence-corrected chi connectivity index (χ4v) is 6.85. The highest BCUT2D eigenvalue weighted by molar-refractivity contribution is 7.91. The first-order chi connectivity index (χ1) is 17.2. The van der Waals surface area contributed by atoms with E-state index >= 15 is 0 Å². The molecule has 5 rings (SSSR count). The van der Waals surface area contributed by atoms with Gasteiger partial charge >= 0.3 is 0 Å². The molecule has 0 unspecified atom stereocenters. The third kappa shape index (κ3) is 4.89. The number of carbonyl (C=O) groups excluding carboxylic acids is 1. The summed E-state index contributed by atoms with van der Waals surface area (Å²) in [6, 6.07) is 14.0. The molecule has 1 saturated heterocycles. The second kappa shape index (κ2) is 9.69. The van der Waals surface area contributed by atoms with Crippen molar-refractivity contribution in [1.29, 1.82) is 0 Å². The Hall–Kier alpha value is -3.20. The third-order valence-electron chi connectivity index (χ3n) is 6.45. The minimum atomic E-state index is -4.01. The quantitative estimate of drug-likeness (QED) is 0.383. The molecule has 0 radical (unpaired) electrons. The average Bonchev–Trinajstić information content (AvgIpc) is 3.43. The van der Waals surface area contributed by atoms with Gasteiger partial charge in [-0.2, -0.15) is 0 Å². The van der Waals surface area contributed by atoms with Crippen molar-refractivity contribution < 1.29 is 13.2 Å². The number of aromatic amines is 1. The first-order valence-electron chi connectivity index (χ1n) is 11.8. The topological polar surface area (TPSA) is 95.2 Å². The monoisotopic (exact) mass is 522 g/mol. The molecule has 0 spiro atoms. The van der Waals surface area contributed by atoms with Gasteiger partial charge in [-0.25, -0.2) is 8.42 Å². The van der Waals surface area contributed by atoms with E-state index in [4.69, 9.17) is 11.6 Å². The molecule has 1 aliphatic rings. The Morgan fingerprint density at radius 1 is 1.17 bits per heavy atom. The number of nitrogens with one attached hydrogen (secondary N) is 2. The van der Waals surface area contributed by atoms with Crippen LogP contribution >= 0.6 is 11.6 Å². The van der Waals surface area contributed by atoms with Crippen molar-refractivity contribution in [3.63, 3.8) is 0 Å². The molecule has 0 saturated carbocycles. The number of halogens is 1. The maximum Gasteiger partial charge on any atom is 0.269 e. The van der Waals surface area contributed by atoms with Crippen LogP contribution in [-0.2, 0) is 16.4 Å². The number of nitrogens with zero attached hydrogens (tertiary/aromatic N) is 2. The van der Waals surface area contributed by atoms with Gasteiger partial charge in [-0.3, -0.25) is 14.7 Å². The van der Waals surface area contributed by atoms with Crippen LogP contribution in [0, 0.1) is 13.8 Å². The zero-order valence-corrected chi connectivity index (χ0v) is 21.7.